The van der Waals surface area contributed by atoms with Gasteiger partial charge < -0.3 is 19.9 Å². The van der Waals surface area contributed by atoms with E-state index in [1.165, 1.54) is 0 Å². The van der Waals surface area contributed by atoms with E-state index in [-0.39, 0.29) is 39.0 Å². The smallest absolute Gasteiger partial charge is 0.434 e. The van der Waals surface area contributed by atoms with E-state index in [0.29, 0.717) is 23.0 Å². The fraction of sp³-hybridized carbons (Fsp3) is 0. The molecule has 2 aromatic carbocycles. The predicted octanol–water partition coefficient (Wildman–Crippen LogP) is 4.68. The first-order chi connectivity index (χ1) is 47.7. The molecular formula is C71H47Cl2N17O8Ru2. The van der Waals surface area contributed by atoms with E-state index in [9.17, 15) is 0 Å². The fourth-order valence-corrected chi connectivity index (χ4v) is 9.60. The molecule has 0 atom stereocenters. The van der Waals surface area contributed by atoms with E-state index >= 15 is 0 Å². The summed E-state index contributed by atoms with van der Waals surface area (Å²) >= 11 is 0. The van der Waals surface area contributed by atoms with Crippen LogP contribution in [0.1, 0.15) is 0 Å². The Kier molecular flexibility index (Phi) is 25.9. The van der Waals surface area contributed by atoms with Gasteiger partial charge in [0, 0.05) is 95.9 Å². The average molecular weight is 1540 g/mol. The zero-order valence-corrected chi connectivity index (χ0v) is 56.5. The first kappa shape index (κ1) is 73.1. The number of benzene rings is 2. The molecule has 0 aliphatic rings. The van der Waals surface area contributed by atoms with Crippen LogP contribution < -0.4 is 47.2 Å². The Hall–Kier alpha value is -11.1. The van der Waals surface area contributed by atoms with Crippen LogP contribution >= 0.6 is 0 Å². The minimum atomic E-state index is -4.94. The Labute approximate surface area is 598 Å². The summed E-state index contributed by atoms with van der Waals surface area (Å²) in [5.41, 5.74) is 14.9. The van der Waals surface area contributed by atoms with Gasteiger partial charge in [-0.1, -0.05) is 78.9 Å². The Morgan fingerprint density at radius 3 is 0.620 bits per heavy atom. The van der Waals surface area contributed by atoms with Gasteiger partial charge in [-0.05, 0) is 167 Å². The second kappa shape index (κ2) is 35.4. The second-order valence-electron chi connectivity index (χ2n) is 20.0. The number of hydrogen-bond donors (Lipinski definition) is 0. The molecule has 0 saturated heterocycles. The third-order valence-corrected chi connectivity index (χ3v) is 13.6. The maximum absolute atomic E-state index is 8.49. The van der Waals surface area contributed by atoms with Crippen molar-refractivity contribution < 1.29 is 96.7 Å². The quantitative estimate of drug-likeness (QED) is 0.161. The maximum atomic E-state index is 8.49. The van der Waals surface area contributed by atoms with Crippen molar-refractivity contribution in [2.45, 2.75) is 0 Å². The Balaban J connectivity index is 0.000000159. The molecular weight excluding hydrogens is 1490 g/mol. The number of imidazole rings is 2. The van der Waals surface area contributed by atoms with Crippen LogP contribution in [0.2, 0.25) is 0 Å². The summed E-state index contributed by atoms with van der Waals surface area (Å²) in [5.74, 6) is 1.05. The topological polar surface area (TPSA) is 406 Å². The van der Waals surface area contributed by atoms with Crippen molar-refractivity contribution in [1.29, 1.82) is 0 Å². The summed E-state index contributed by atoms with van der Waals surface area (Å²) in [6.07, 6.45) is 21.2. The molecule has 0 unspecified atom stereocenters. The normalized spacial score (nSPS) is 10.6. The minimum Gasteiger partial charge on any atom is -0.434 e. The van der Waals surface area contributed by atoms with Gasteiger partial charge in [0.15, 0.2) is 0 Å². The van der Waals surface area contributed by atoms with E-state index in [2.05, 4.69) is 59.8 Å². The van der Waals surface area contributed by atoms with Gasteiger partial charge in [-0.3, -0.25) is 59.8 Å². The van der Waals surface area contributed by atoms with Gasteiger partial charge in [0.25, 0.3) is 0 Å². The number of aromatic nitrogens is 17. The van der Waals surface area contributed by atoms with E-state index in [1.54, 1.807) is 74.4 Å². The van der Waals surface area contributed by atoms with E-state index in [4.69, 9.17) is 62.2 Å². The van der Waals surface area contributed by atoms with Crippen LogP contribution in [0.15, 0.2) is 287 Å². The number of pyridine rings is 13. The van der Waals surface area contributed by atoms with Gasteiger partial charge >= 0.3 is 39.0 Å². The zero-order valence-electron chi connectivity index (χ0n) is 51.5. The summed E-state index contributed by atoms with van der Waals surface area (Å²) in [5, 5.41) is 3.63. The third-order valence-electron chi connectivity index (χ3n) is 13.6. The molecule has 17 aromatic rings. The Bertz CT molecular complexity index is 4570. The Morgan fingerprint density at radius 2 is 0.400 bits per heavy atom. The summed E-state index contributed by atoms with van der Waals surface area (Å²) in [7, 11) is -9.89. The first-order valence-electron chi connectivity index (χ1n) is 29.1. The number of hydrogen-bond acceptors (Lipinski definition) is 23. The fourth-order valence-electron chi connectivity index (χ4n) is 9.60. The van der Waals surface area contributed by atoms with Gasteiger partial charge in [-0.2, -0.15) is 0 Å². The molecule has 15 aromatic heterocycles. The number of fused-ring (bicyclic) bond motifs is 12. The second-order valence-corrected chi connectivity index (χ2v) is 21.5. The van der Waals surface area contributed by atoms with Crippen LogP contribution in [0.3, 0.4) is 0 Å². The molecule has 0 radical (unpaired) electrons. The third kappa shape index (κ3) is 20.0. The van der Waals surface area contributed by atoms with Crippen LogP contribution in [0.5, 0.6) is 0 Å². The minimum absolute atomic E-state index is 0. The maximum Gasteiger partial charge on any atom is 2.00 e. The van der Waals surface area contributed by atoms with Gasteiger partial charge in [-0.25, -0.2) is 42.3 Å². The summed E-state index contributed by atoms with van der Waals surface area (Å²) < 4.78 is 67.9. The molecule has 0 amide bonds. The summed E-state index contributed by atoms with van der Waals surface area (Å²) in [6, 6.07) is 67.7. The van der Waals surface area contributed by atoms with Crippen molar-refractivity contribution in [3.05, 3.63) is 287 Å². The van der Waals surface area contributed by atoms with Crippen molar-refractivity contribution >= 4 is 65.7 Å². The van der Waals surface area contributed by atoms with Crippen molar-refractivity contribution in [3.63, 3.8) is 0 Å². The zero-order chi connectivity index (χ0) is 68.1. The van der Waals surface area contributed by atoms with Gasteiger partial charge in [0.1, 0.15) is 0 Å². The molecule has 25 nitrogen and oxygen atoms in total. The van der Waals surface area contributed by atoms with Crippen LogP contribution in [-0.2, 0) is 39.0 Å². The van der Waals surface area contributed by atoms with Crippen molar-refractivity contribution in [2.24, 2.45) is 0 Å². The molecule has 0 spiro atoms. The Morgan fingerprint density at radius 1 is 0.200 bits per heavy atom. The molecule has 0 saturated carbocycles. The van der Waals surface area contributed by atoms with Crippen LogP contribution in [0, 0.1) is 20.5 Å². The monoisotopic (exact) mass is 1540 g/mol. The molecule has 100 heavy (non-hydrogen) atoms. The molecule has 0 fully saturated rings. The van der Waals surface area contributed by atoms with Gasteiger partial charge in [0.2, 0.25) is 0 Å². The first-order valence-corrected chi connectivity index (χ1v) is 31.6. The predicted molar refractivity (Wildman–Crippen MR) is 343 cm³/mol. The number of halogens is 2. The van der Waals surface area contributed by atoms with Gasteiger partial charge in [0.05, 0.1) is 79.0 Å². The van der Waals surface area contributed by atoms with Crippen LogP contribution in [-0.4, -0.2) is 74.8 Å². The van der Waals surface area contributed by atoms with E-state index in [0.717, 1.165) is 111 Å². The average Bonchev–Trinajstić information content (AvgIpc) is 1.54. The molecule has 494 valence electrons. The molecule has 0 aliphatic carbocycles. The van der Waals surface area contributed by atoms with Gasteiger partial charge in [-0.15, -0.1) is 20.5 Å². The summed E-state index contributed by atoms with van der Waals surface area (Å²) in [4.78, 5) is 76.4. The SMILES string of the molecule is [O-][Cl+3]([O-])([O-])[O-].[O-][Cl+3]([O-])([O-])[O-].[Ru+2].[Ru+2].c1cc(-c2nc3c4cccnc4c4ncccc4c3[n-]2)nc(-c2nc3c4cccnc4c4ncccc4c3[n-]2)c1.c1ccc(-c2ccccn2)nc1.c1ccc(-c2ccccn2)nc1.c1ccc(-c2ccccn2)nc1.c1ccc(-c2ccccn2)nc1. The molecule has 15 heterocycles. The molecule has 0 aliphatic heterocycles. The number of nitrogens with zero attached hydrogens (tertiary/aromatic N) is 17. The molecule has 0 N–H and O–H groups in total. The molecule has 17 rings (SSSR count). The van der Waals surface area contributed by atoms with E-state index < -0.39 is 20.5 Å². The van der Waals surface area contributed by atoms with Crippen molar-refractivity contribution in [1.82, 2.24) is 84.7 Å². The van der Waals surface area contributed by atoms with Crippen molar-refractivity contribution in [3.8, 4) is 68.6 Å². The molecule has 29 heteroatoms. The van der Waals surface area contributed by atoms with Crippen LogP contribution in [0.25, 0.3) is 134 Å². The summed E-state index contributed by atoms with van der Waals surface area (Å²) in [6.45, 7) is 0. The standard InChI is InChI=1S/C31H15N9.4C10H8N2.2ClHO4.2Ru/c1-10-20(30-37-26-16-6-2-12-32-22(16)23-17(27(26)38-30)7-3-13-33-23)36-21(11-1)31-39-28-18-8-4-14-34-24(18)25-19(29(28)40-31)9-5-15-35-25;4*1-3-7-11-9(5-1)10-6-2-4-8-12-10;2*2-1(3,4)5;;/h1-15H;4*1-8H;2*(H,2,3,4,5);;/q-2;;;;;;;2*+2/p-2. The molecule has 0 bridgehead atoms. The largest absolute Gasteiger partial charge is 2.00 e. The number of rotatable bonds is 6. The van der Waals surface area contributed by atoms with Crippen molar-refractivity contribution in [2.75, 3.05) is 0 Å². The van der Waals surface area contributed by atoms with E-state index in [1.807, 2.05) is 212 Å². The van der Waals surface area contributed by atoms with Crippen LogP contribution in [0.4, 0.5) is 0 Å².